The second-order valence-electron chi connectivity index (χ2n) is 5.22. The third-order valence-corrected chi connectivity index (χ3v) is 3.72. The van der Waals surface area contributed by atoms with Crippen LogP contribution in [0.4, 0.5) is 5.69 Å². The van der Waals surface area contributed by atoms with Gasteiger partial charge >= 0.3 is 0 Å². The van der Waals surface area contributed by atoms with Gasteiger partial charge in [-0.1, -0.05) is 32.0 Å². The zero-order chi connectivity index (χ0) is 16.5. The van der Waals surface area contributed by atoms with Crippen LogP contribution >= 0.6 is 0 Å². The molecular weight excluding hydrogens is 288 g/mol. The summed E-state index contributed by atoms with van der Waals surface area (Å²) in [5.74, 6) is 0.666. The van der Waals surface area contributed by atoms with Crippen LogP contribution in [0.25, 0.3) is 0 Å². The number of ether oxygens (including phenoxy) is 1. The normalized spacial score (nSPS) is 10.6. The highest BCUT2D eigenvalue weighted by molar-refractivity contribution is 6.04. The van der Waals surface area contributed by atoms with E-state index in [9.17, 15) is 4.79 Å². The van der Waals surface area contributed by atoms with Crippen molar-refractivity contribution < 1.29 is 9.53 Å². The molecule has 2 rings (SSSR count). The summed E-state index contributed by atoms with van der Waals surface area (Å²) in [5.41, 5.74) is 1.40. The highest BCUT2D eigenvalue weighted by atomic mass is 16.5. The first-order chi connectivity index (χ1) is 11.2. The Morgan fingerprint density at radius 1 is 1.00 bits per heavy atom. The highest BCUT2D eigenvalue weighted by Crippen LogP contribution is 2.14. The molecule has 122 valence electrons. The summed E-state index contributed by atoms with van der Waals surface area (Å²) in [6, 6.07) is 16.7. The van der Waals surface area contributed by atoms with E-state index in [1.807, 2.05) is 42.5 Å². The Bertz CT molecular complexity index is 593. The number of hydrogen-bond acceptors (Lipinski definition) is 3. The lowest BCUT2D eigenvalue weighted by Gasteiger charge is -2.18. The van der Waals surface area contributed by atoms with E-state index in [0.717, 1.165) is 31.1 Å². The van der Waals surface area contributed by atoms with Gasteiger partial charge in [-0.25, -0.2) is 0 Å². The largest absolute Gasteiger partial charge is 0.492 e. The Kier molecular flexibility index (Phi) is 6.63. The van der Waals surface area contributed by atoms with Gasteiger partial charge in [0.25, 0.3) is 5.91 Å². The first-order valence-corrected chi connectivity index (χ1v) is 8.04. The molecule has 0 heterocycles. The fourth-order valence-electron chi connectivity index (χ4n) is 2.26. The molecule has 0 saturated heterocycles. The summed E-state index contributed by atoms with van der Waals surface area (Å²) in [6.45, 7) is 7.89. The maximum absolute atomic E-state index is 12.1. The van der Waals surface area contributed by atoms with Crippen molar-refractivity contribution in [2.75, 3.05) is 31.6 Å². The second kappa shape index (κ2) is 8.96. The van der Waals surface area contributed by atoms with E-state index in [2.05, 4.69) is 24.1 Å². The average molecular weight is 312 g/mol. The number of anilines is 1. The van der Waals surface area contributed by atoms with Crippen molar-refractivity contribution in [2.24, 2.45) is 0 Å². The van der Waals surface area contributed by atoms with Crippen molar-refractivity contribution in [1.29, 1.82) is 0 Å². The van der Waals surface area contributed by atoms with Gasteiger partial charge in [-0.2, -0.15) is 0 Å². The number of hydrogen-bond donors (Lipinski definition) is 1. The number of benzene rings is 2. The molecule has 1 amide bonds. The molecule has 0 atom stereocenters. The molecule has 4 nitrogen and oxygen atoms in total. The maximum Gasteiger partial charge on any atom is 0.255 e. The Morgan fingerprint density at radius 3 is 2.26 bits per heavy atom. The number of para-hydroxylation sites is 1. The molecule has 4 heteroatoms. The maximum atomic E-state index is 12.1. The minimum Gasteiger partial charge on any atom is -0.492 e. The van der Waals surface area contributed by atoms with E-state index < -0.39 is 0 Å². The zero-order valence-corrected chi connectivity index (χ0v) is 13.8. The highest BCUT2D eigenvalue weighted by Gasteiger charge is 2.06. The van der Waals surface area contributed by atoms with Gasteiger partial charge in [0.15, 0.2) is 0 Å². The van der Waals surface area contributed by atoms with Gasteiger partial charge < -0.3 is 15.0 Å². The molecule has 2 aromatic carbocycles. The number of nitrogens with one attached hydrogen (secondary N) is 1. The van der Waals surface area contributed by atoms with E-state index in [-0.39, 0.29) is 5.91 Å². The molecule has 0 saturated carbocycles. The third-order valence-electron chi connectivity index (χ3n) is 3.72. The molecule has 0 bridgehead atoms. The fourth-order valence-corrected chi connectivity index (χ4v) is 2.26. The number of carbonyl (C=O) groups excluding carboxylic acids is 1. The lowest BCUT2D eigenvalue weighted by molar-refractivity contribution is 0.102. The summed E-state index contributed by atoms with van der Waals surface area (Å²) in [5, 5.41) is 2.86. The van der Waals surface area contributed by atoms with Crippen LogP contribution in [0.5, 0.6) is 5.75 Å². The SMILES string of the molecule is CCN(CC)CCOc1ccc(C(=O)Nc2ccccc2)cc1. The Balaban J connectivity index is 1.85. The molecule has 0 aliphatic heterocycles. The molecule has 0 aliphatic carbocycles. The van der Waals surface area contributed by atoms with Crippen LogP contribution in [-0.2, 0) is 0 Å². The van der Waals surface area contributed by atoms with E-state index in [1.165, 1.54) is 0 Å². The van der Waals surface area contributed by atoms with Crippen LogP contribution in [0, 0.1) is 0 Å². The van der Waals surface area contributed by atoms with Crippen LogP contribution in [0.3, 0.4) is 0 Å². The lowest BCUT2D eigenvalue weighted by Crippen LogP contribution is -2.27. The van der Waals surface area contributed by atoms with E-state index in [1.54, 1.807) is 12.1 Å². The molecule has 0 aromatic heterocycles. The van der Waals surface area contributed by atoms with Gasteiger partial charge in [0.2, 0.25) is 0 Å². The number of nitrogens with zero attached hydrogens (tertiary/aromatic N) is 1. The lowest BCUT2D eigenvalue weighted by atomic mass is 10.2. The van der Waals surface area contributed by atoms with Crippen molar-refractivity contribution in [1.82, 2.24) is 4.90 Å². The molecule has 23 heavy (non-hydrogen) atoms. The predicted octanol–water partition coefficient (Wildman–Crippen LogP) is 3.66. The van der Waals surface area contributed by atoms with Crippen LogP contribution in [0.15, 0.2) is 54.6 Å². The predicted molar refractivity (Wildman–Crippen MR) is 94.1 cm³/mol. The number of amides is 1. The van der Waals surface area contributed by atoms with Gasteiger partial charge in [0, 0.05) is 17.8 Å². The van der Waals surface area contributed by atoms with Gasteiger partial charge in [-0.15, -0.1) is 0 Å². The van der Waals surface area contributed by atoms with Crippen LogP contribution in [0.2, 0.25) is 0 Å². The number of carbonyl (C=O) groups is 1. The summed E-state index contributed by atoms with van der Waals surface area (Å²) in [4.78, 5) is 14.5. The van der Waals surface area contributed by atoms with Gasteiger partial charge in [-0.3, -0.25) is 4.79 Å². The van der Waals surface area contributed by atoms with Crippen molar-refractivity contribution in [3.63, 3.8) is 0 Å². The van der Waals surface area contributed by atoms with Crippen LogP contribution in [0.1, 0.15) is 24.2 Å². The molecule has 1 N–H and O–H groups in total. The quantitative estimate of drug-likeness (QED) is 0.809. The average Bonchev–Trinajstić information content (AvgIpc) is 2.60. The molecule has 0 fully saturated rings. The topological polar surface area (TPSA) is 41.6 Å². The minimum absolute atomic E-state index is 0.120. The Morgan fingerprint density at radius 2 is 1.65 bits per heavy atom. The van der Waals surface area contributed by atoms with E-state index >= 15 is 0 Å². The Hall–Kier alpha value is -2.33. The fraction of sp³-hybridized carbons (Fsp3) is 0.316. The number of rotatable bonds is 8. The molecule has 0 unspecified atom stereocenters. The Labute approximate surface area is 138 Å². The standard InChI is InChI=1S/C19H24N2O2/c1-3-21(4-2)14-15-23-18-12-10-16(11-13-18)19(22)20-17-8-6-5-7-9-17/h5-13H,3-4,14-15H2,1-2H3,(H,20,22). The summed E-state index contributed by atoms with van der Waals surface area (Å²) >= 11 is 0. The molecule has 0 aliphatic rings. The van der Waals surface area contributed by atoms with Gasteiger partial charge in [-0.05, 0) is 49.5 Å². The van der Waals surface area contributed by atoms with E-state index in [0.29, 0.717) is 12.2 Å². The molecule has 0 radical (unpaired) electrons. The molecular formula is C19H24N2O2. The van der Waals surface area contributed by atoms with Gasteiger partial charge in [0.05, 0.1) is 0 Å². The third kappa shape index (κ3) is 5.42. The zero-order valence-electron chi connectivity index (χ0n) is 13.8. The molecule has 0 spiro atoms. The first kappa shape index (κ1) is 17.0. The van der Waals surface area contributed by atoms with E-state index in [4.69, 9.17) is 4.74 Å². The minimum atomic E-state index is -0.120. The van der Waals surface area contributed by atoms with Crippen molar-refractivity contribution in [3.8, 4) is 5.75 Å². The van der Waals surface area contributed by atoms with Crippen molar-refractivity contribution >= 4 is 11.6 Å². The molecule has 2 aromatic rings. The summed E-state index contributed by atoms with van der Waals surface area (Å²) < 4.78 is 5.72. The summed E-state index contributed by atoms with van der Waals surface area (Å²) in [7, 11) is 0. The van der Waals surface area contributed by atoms with Crippen LogP contribution in [-0.4, -0.2) is 37.0 Å². The van der Waals surface area contributed by atoms with Gasteiger partial charge in [0.1, 0.15) is 12.4 Å². The first-order valence-electron chi connectivity index (χ1n) is 8.04. The monoisotopic (exact) mass is 312 g/mol. The van der Waals surface area contributed by atoms with Crippen molar-refractivity contribution in [2.45, 2.75) is 13.8 Å². The second-order valence-corrected chi connectivity index (χ2v) is 5.22. The number of likely N-dealkylation sites (N-methyl/N-ethyl adjacent to an activating group) is 1. The van der Waals surface area contributed by atoms with Crippen molar-refractivity contribution in [3.05, 3.63) is 60.2 Å². The smallest absolute Gasteiger partial charge is 0.255 e. The summed E-state index contributed by atoms with van der Waals surface area (Å²) in [6.07, 6.45) is 0. The van der Waals surface area contributed by atoms with Crippen LogP contribution < -0.4 is 10.1 Å².